The van der Waals surface area contributed by atoms with E-state index in [0.717, 1.165) is 17.1 Å². The second-order valence-electron chi connectivity index (χ2n) is 7.67. The number of carbonyl (C=O) groups is 1. The zero-order valence-corrected chi connectivity index (χ0v) is 19.7. The number of hydrazone groups is 1. The van der Waals surface area contributed by atoms with Gasteiger partial charge in [-0.05, 0) is 68.4 Å². The third-order valence-electron chi connectivity index (χ3n) is 5.18. The second kappa shape index (κ2) is 10.3. The fraction of sp³-hybridized carbons (Fsp3) is 0.120. The average molecular weight is 493 g/mol. The van der Waals surface area contributed by atoms with Crippen molar-refractivity contribution in [2.45, 2.75) is 20.5 Å². The van der Waals surface area contributed by atoms with Crippen LogP contribution in [0.25, 0.3) is 5.69 Å². The molecule has 1 N–H and O–H groups in total. The van der Waals surface area contributed by atoms with E-state index in [4.69, 9.17) is 20.8 Å². The fourth-order valence-corrected chi connectivity index (χ4v) is 3.66. The zero-order chi connectivity index (χ0) is 24.9. The molecule has 0 aliphatic rings. The summed E-state index contributed by atoms with van der Waals surface area (Å²) in [7, 11) is 0. The molecule has 1 amide bonds. The molecule has 4 aromatic rings. The van der Waals surface area contributed by atoms with Crippen molar-refractivity contribution in [1.29, 1.82) is 0 Å². The number of aryl methyl sites for hydroxylation is 2. The molecule has 4 rings (SSSR count). The van der Waals surface area contributed by atoms with Crippen molar-refractivity contribution in [2.24, 2.45) is 5.10 Å². The van der Waals surface area contributed by atoms with E-state index in [9.17, 15) is 14.9 Å². The van der Waals surface area contributed by atoms with Crippen LogP contribution in [0.4, 0.5) is 5.69 Å². The monoisotopic (exact) mass is 492 g/mol. The summed E-state index contributed by atoms with van der Waals surface area (Å²) >= 11 is 5.78. The highest BCUT2D eigenvalue weighted by Gasteiger charge is 2.13. The van der Waals surface area contributed by atoms with Crippen molar-refractivity contribution in [3.05, 3.63) is 110 Å². The van der Waals surface area contributed by atoms with Gasteiger partial charge < -0.3 is 13.7 Å². The molecule has 9 nitrogen and oxygen atoms in total. The van der Waals surface area contributed by atoms with Gasteiger partial charge in [-0.3, -0.25) is 14.9 Å². The highest BCUT2D eigenvalue weighted by atomic mass is 35.5. The Bertz CT molecular complexity index is 1390. The van der Waals surface area contributed by atoms with Crippen molar-refractivity contribution in [2.75, 3.05) is 0 Å². The molecule has 178 valence electrons. The van der Waals surface area contributed by atoms with Gasteiger partial charge in [-0.25, -0.2) is 5.43 Å². The summed E-state index contributed by atoms with van der Waals surface area (Å²) in [5.41, 5.74) is 5.82. The van der Waals surface area contributed by atoms with E-state index < -0.39 is 10.8 Å². The molecular formula is C25H21ClN4O5. The zero-order valence-electron chi connectivity index (χ0n) is 18.9. The number of nitrogens with zero attached hydrogens (tertiary/aromatic N) is 3. The first-order chi connectivity index (χ1) is 16.8. The quantitative estimate of drug-likeness (QED) is 0.196. The summed E-state index contributed by atoms with van der Waals surface area (Å²) in [5.74, 6) is 0.614. The number of nitro benzene ring substituents is 1. The van der Waals surface area contributed by atoms with Crippen LogP contribution < -0.4 is 10.2 Å². The molecule has 10 heteroatoms. The minimum Gasteiger partial charge on any atom is -0.486 e. The van der Waals surface area contributed by atoms with Gasteiger partial charge in [0.1, 0.15) is 23.1 Å². The lowest BCUT2D eigenvalue weighted by molar-refractivity contribution is -0.384. The molecule has 0 aliphatic carbocycles. The normalized spacial score (nSPS) is 11.1. The number of rotatable bonds is 8. The van der Waals surface area contributed by atoms with Crippen molar-refractivity contribution in [1.82, 2.24) is 9.99 Å². The Labute approximate surface area is 205 Å². The van der Waals surface area contributed by atoms with Gasteiger partial charge in [0.15, 0.2) is 5.76 Å². The molecule has 0 saturated heterocycles. The average Bonchev–Trinajstić information content (AvgIpc) is 3.45. The molecule has 0 fully saturated rings. The van der Waals surface area contributed by atoms with Crippen LogP contribution in [0.15, 0.2) is 76.2 Å². The molecular weight excluding hydrogens is 472 g/mol. The lowest BCUT2D eigenvalue weighted by atomic mass is 10.2. The Morgan fingerprint density at radius 1 is 1.11 bits per heavy atom. The minimum absolute atomic E-state index is 0.0172. The number of furan rings is 1. The molecule has 2 aromatic carbocycles. The van der Waals surface area contributed by atoms with Crippen molar-refractivity contribution in [3.63, 3.8) is 0 Å². The summed E-state index contributed by atoms with van der Waals surface area (Å²) in [5, 5.41) is 14.8. The van der Waals surface area contributed by atoms with E-state index in [2.05, 4.69) is 41.1 Å². The van der Waals surface area contributed by atoms with Crippen LogP contribution in [0, 0.1) is 24.0 Å². The highest BCUT2D eigenvalue weighted by molar-refractivity contribution is 6.32. The number of aromatic nitrogens is 1. The first-order valence-electron chi connectivity index (χ1n) is 10.6. The summed E-state index contributed by atoms with van der Waals surface area (Å²) in [6, 6.07) is 19.2. The maximum absolute atomic E-state index is 12.3. The number of benzene rings is 2. The van der Waals surface area contributed by atoms with Crippen LogP contribution in [0.1, 0.15) is 33.3 Å². The molecule has 0 unspecified atom stereocenters. The van der Waals surface area contributed by atoms with E-state index in [1.54, 1.807) is 12.1 Å². The van der Waals surface area contributed by atoms with Crippen LogP contribution in [0.2, 0.25) is 5.02 Å². The third-order valence-corrected chi connectivity index (χ3v) is 5.50. The number of hydrogen-bond donors (Lipinski definition) is 1. The number of amides is 1. The molecule has 0 spiro atoms. The molecule has 0 bridgehead atoms. The molecule has 0 saturated carbocycles. The molecule has 0 radical (unpaired) electrons. The molecule has 2 heterocycles. The summed E-state index contributed by atoms with van der Waals surface area (Å²) in [4.78, 5) is 22.6. The summed E-state index contributed by atoms with van der Waals surface area (Å²) in [6.07, 6.45) is 1.27. The lowest BCUT2D eigenvalue weighted by Gasteiger charge is -2.10. The van der Waals surface area contributed by atoms with E-state index in [1.807, 2.05) is 24.3 Å². The van der Waals surface area contributed by atoms with Gasteiger partial charge in [0.05, 0.1) is 11.1 Å². The van der Waals surface area contributed by atoms with Gasteiger partial charge in [0.25, 0.3) is 5.69 Å². The topological polar surface area (TPSA) is 112 Å². The van der Waals surface area contributed by atoms with Gasteiger partial charge >= 0.3 is 5.91 Å². The predicted molar refractivity (Wildman–Crippen MR) is 131 cm³/mol. The molecule has 0 atom stereocenters. The number of carbonyl (C=O) groups excluding carboxylic acids is 1. The number of halogens is 1. The lowest BCUT2D eigenvalue weighted by Crippen LogP contribution is -2.16. The molecule has 35 heavy (non-hydrogen) atoms. The van der Waals surface area contributed by atoms with Crippen LogP contribution in [0.3, 0.4) is 0 Å². The first kappa shape index (κ1) is 23.8. The van der Waals surface area contributed by atoms with Crippen LogP contribution in [-0.2, 0) is 6.61 Å². The fourth-order valence-electron chi connectivity index (χ4n) is 3.47. The van der Waals surface area contributed by atoms with E-state index >= 15 is 0 Å². The Kier molecular flexibility index (Phi) is 6.98. The minimum atomic E-state index is -0.594. The Balaban J connectivity index is 1.32. The van der Waals surface area contributed by atoms with E-state index in [0.29, 0.717) is 17.1 Å². The highest BCUT2D eigenvalue weighted by Crippen LogP contribution is 2.24. The Hall–Kier alpha value is -4.37. The van der Waals surface area contributed by atoms with Crippen LogP contribution in [-0.4, -0.2) is 21.6 Å². The number of ether oxygens (including phenoxy) is 1. The maximum atomic E-state index is 12.3. The number of hydrogen-bond acceptors (Lipinski definition) is 6. The molecule has 0 aliphatic heterocycles. The van der Waals surface area contributed by atoms with E-state index in [1.165, 1.54) is 24.4 Å². The SMILES string of the molecule is Cc1ccc(C)n1-c1ccc(OCc2ccc(C(=O)NN=Cc3ccc(Cl)c([N+](=O)[O-])c3)o2)cc1. The van der Waals surface area contributed by atoms with Gasteiger partial charge in [-0.15, -0.1) is 0 Å². The van der Waals surface area contributed by atoms with Crippen molar-refractivity contribution >= 4 is 29.4 Å². The van der Waals surface area contributed by atoms with Gasteiger partial charge in [0.2, 0.25) is 0 Å². The predicted octanol–water partition coefficient (Wildman–Crippen LogP) is 5.59. The molecule has 2 aromatic heterocycles. The summed E-state index contributed by atoms with van der Waals surface area (Å²) in [6.45, 7) is 4.25. The van der Waals surface area contributed by atoms with Gasteiger partial charge in [-0.1, -0.05) is 17.7 Å². The second-order valence-corrected chi connectivity index (χ2v) is 8.07. The van der Waals surface area contributed by atoms with E-state index in [-0.39, 0.29) is 23.1 Å². The summed E-state index contributed by atoms with van der Waals surface area (Å²) < 4.78 is 13.4. The number of nitro groups is 1. The van der Waals surface area contributed by atoms with Crippen molar-refractivity contribution in [3.8, 4) is 11.4 Å². The van der Waals surface area contributed by atoms with Gasteiger partial charge in [-0.2, -0.15) is 5.10 Å². The van der Waals surface area contributed by atoms with Crippen LogP contribution >= 0.6 is 11.6 Å². The third kappa shape index (κ3) is 5.59. The smallest absolute Gasteiger partial charge is 0.307 e. The Morgan fingerprint density at radius 3 is 2.51 bits per heavy atom. The Morgan fingerprint density at radius 2 is 1.83 bits per heavy atom. The van der Waals surface area contributed by atoms with Crippen molar-refractivity contribution < 1.29 is 18.9 Å². The first-order valence-corrected chi connectivity index (χ1v) is 10.9. The maximum Gasteiger partial charge on any atom is 0.307 e. The largest absolute Gasteiger partial charge is 0.486 e. The van der Waals surface area contributed by atoms with Gasteiger partial charge in [0, 0.05) is 28.7 Å². The standard InChI is InChI=1S/C25H21ClN4O5/c1-16-3-4-17(2)29(16)19-6-8-20(9-7-19)34-15-21-10-12-24(35-21)25(31)28-27-14-18-5-11-22(26)23(13-18)30(32)33/h3-14H,15H2,1-2H3,(H,28,31). The number of nitrogens with one attached hydrogen (secondary N) is 1. The van der Waals surface area contributed by atoms with Crippen LogP contribution in [0.5, 0.6) is 5.75 Å².